The van der Waals surface area contributed by atoms with Crippen molar-refractivity contribution in [2.24, 2.45) is 0 Å². The normalized spacial score (nSPS) is 17.6. The molecule has 2 aromatic rings. The number of hydrogen-bond donors (Lipinski definition) is 2. The molecule has 0 saturated heterocycles. The Labute approximate surface area is 118 Å². The first-order valence-corrected chi connectivity index (χ1v) is 7.18. The number of aromatic nitrogens is 2. The average Bonchev–Trinajstić information content (AvgIpc) is 3.02. The number of nitrogens with one attached hydrogen (secondary N) is 2. The van der Waals surface area contributed by atoms with E-state index in [0.29, 0.717) is 6.04 Å². The maximum Gasteiger partial charge on any atom is 0.106 e. The summed E-state index contributed by atoms with van der Waals surface area (Å²) in [4.78, 5) is 7.36. The molecule has 1 atom stereocenters. The maximum atomic E-state index is 6.02. The molecule has 0 amide bonds. The lowest BCUT2D eigenvalue weighted by atomic mass is 10.1. The standard InChI is InChI=1S/C15H18ClN3/c16-13-4-3-11-9-14(10-12(11)8-13)17-5-1-2-15-18-6-7-19-15/h3-4,6-8,14,17H,1-2,5,9-10H2,(H,18,19). The summed E-state index contributed by atoms with van der Waals surface area (Å²) in [6.07, 6.45) is 8.01. The minimum atomic E-state index is 0.560. The smallest absolute Gasteiger partial charge is 0.106 e. The quantitative estimate of drug-likeness (QED) is 0.824. The number of nitrogens with zero attached hydrogens (tertiary/aromatic N) is 1. The van der Waals surface area contributed by atoms with Crippen molar-refractivity contribution < 1.29 is 0 Å². The van der Waals surface area contributed by atoms with Crippen molar-refractivity contribution in [3.63, 3.8) is 0 Å². The van der Waals surface area contributed by atoms with Gasteiger partial charge in [0.05, 0.1) is 0 Å². The van der Waals surface area contributed by atoms with Gasteiger partial charge in [0.2, 0.25) is 0 Å². The maximum absolute atomic E-state index is 6.02. The molecule has 0 saturated carbocycles. The number of benzene rings is 1. The van der Waals surface area contributed by atoms with Crippen LogP contribution in [0, 0.1) is 0 Å². The largest absolute Gasteiger partial charge is 0.349 e. The predicted octanol–water partition coefficient (Wildman–Crippen LogP) is 2.75. The summed E-state index contributed by atoms with van der Waals surface area (Å²) in [6, 6.07) is 6.80. The lowest BCUT2D eigenvalue weighted by Crippen LogP contribution is -2.30. The van der Waals surface area contributed by atoms with Crippen LogP contribution in [0.4, 0.5) is 0 Å². The first kappa shape index (κ1) is 12.7. The fourth-order valence-electron chi connectivity index (χ4n) is 2.73. The van der Waals surface area contributed by atoms with E-state index in [9.17, 15) is 0 Å². The molecule has 19 heavy (non-hydrogen) atoms. The molecule has 3 nitrogen and oxygen atoms in total. The fourth-order valence-corrected chi connectivity index (χ4v) is 2.92. The van der Waals surface area contributed by atoms with E-state index in [1.807, 2.05) is 12.3 Å². The number of halogens is 1. The fraction of sp³-hybridized carbons (Fsp3) is 0.400. The third-order valence-corrected chi connectivity index (χ3v) is 3.91. The summed E-state index contributed by atoms with van der Waals surface area (Å²) >= 11 is 6.02. The molecule has 1 heterocycles. The van der Waals surface area contributed by atoms with Crippen molar-refractivity contribution in [1.29, 1.82) is 0 Å². The second-order valence-corrected chi connectivity index (χ2v) is 5.55. The van der Waals surface area contributed by atoms with Crippen LogP contribution in [0.2, 0.25) is 5.02 Å². The molecular formula is C15H18ClN3. The second kappa shape index (κ2) is 5.76. The third-order valence-electron chi connectivity index (χ3n) is 3.68. The highest BCUT2D eigenvalue weighted by Crippen LogP contribution is 2.25. The van der Waals surface area contributed by atoms with Crippen LogP contribution in [0.25, 0.3) is 0 Å². The van der Waals surface area contributed by atoms with Gasteiger partial charge in [0.15, 0.2) is 0 Å². The van der Waals surface area contributed by atoms with Crippen LogP contribution in [0.15, 0.2) is 30.6 Å². The number of aromatic amines is 1. The number of imidazole rings is 1. The zero-order valence-electron chi connectivity index (χ0n) is 10.8. The first-order valence-electron chi connectivity index (χ1n) is 6.80. The van der Waals surface area contributed by atoms with E-state index in [1.54, 1.807) is 6.20 Å². The molecule has 3 rings (SSSR count). The minimum Gasteiger partial charge on any atom is -0.349 e. The van der Waals surface area contributed by atoms with E-state index in [2.05, 4.69) is 27.4 Å². The molecule has 1 aliphatic carbocycles. The summed E-state index contributed by atoms with van der Waals surface area (Å²) in [6.45, 7) is 1.03. The van der Waals surface area contributed by atoms with Crippen LogP contribution in [-0.2, 0) is 19.3 Å². The molecule has 2 N–H and O–H groups in total. The van der Waals surface area contributed by atoms with Crippen molar-refractivity contribution in [1.82, 2.24) is 15.3 Å². The predicted molar refractivity (Wildman–Crippen MR) is 77.6 cm³/mol. The van der Waals surface area contributed by atoms with Gasteiger partial charge >= 0.3 is 0 Å². The molecule has 0 radical (unpaired) electrons. The van der Waals surface area contributed by atoms with Gasteiger partial charge in [0, 0.05) is 29.9 Å². The number of aryl methyl sites for hydroxylation is 1. The van der Waals surface area contributed by atoms with Crippen molar-refractivity contribution in [3.05, 3.63) is 52.6 Å². The van der Waals surface area contributed by atoms with E-state index < -0.39 is 0 Å². The molecule has 0 spiro atoms. The van der Waals surface area contributed by atoms with Crippen molar-refractivity contribution in [2.75, 3.05) is 6.54 Å². The van der Waals surface area contributed by atoms with Crippen molar-refractivity contribution >= 4 is 11.6 Å². The van der Waals surface area contributed by atoms with Gasteiger partial charge in [0.1, 0.15) is 5.82 Å². The molecule has 1 aromatic carbocycles. The van der Waals surface area contributed by atoms with Gasteiger partial charge < -0.3 is 10.3 Å². The van der Waals surface area contributed by atoms with Crippen molar-refractivity contribution in [2.45, 2.75) is 31.7 Å². The molecule has 1 aliphatic rings. The lowest BCUT2D eigenvalue weighted by molar-refractivity contribution is 0.520. The molecule has 0 bridgehead atoms. The monoisotopic (exact) mass is 275 g/mol. The van der Waals surface area contributed by atoms with E-state index in [0.717, 1.165) is 43.1 Å². The summed E-state index contributed by atoms with van der Waals surface area (Å²) in [5.74, 6) is 1.07. The minimum absolute atomic E-state index is 0.560. The number of H-pyrrole nitrogens is 1. The number of fused-ring (bicyclic) bond motifs is 1. The molecule has 0 fully saturated rings. The van der Waals surface area contributed by atoms with Crippen LogP contribution < -0.4 is 5.32 Å². The molecular weight excluding hydrogens is 258 g/mol. The van der Waals surface area contributed by atoms with Gasteiger partial charge in [-0.2, -0.15) is 0 Å². The van der Waals surface area contributed by atoms with Crippen LogP contribution in [0.1, 0.15) is 23.4 Å². The van der Waals surface area contributed by atoms with Gasteiger partial charge in [-0.1, -0.05) is 17.7 Å². The van der Waals surface area contributed by atoms with E-state index in [4.69, 9.17) is 11.6 Å². The summed E-state index contributed by atoms with van der Waals surface area (Å²) in [5.41, 5.74) is 2.84. The van der Waals surface area contributed by atoms with Gasteiger partial charge in [-0.05, 0) is 49.1 Å². The Bertz CT molecular complexity index is 536. The van der Waals surface area contributed by atoms with Gasteiger partial charge in [0.25, 0.3) is 0 Å². The molecule has 100 valence electrons. The van der Waals surface area contributed by atoms with E-state index in [-0.39, 0.29) is 0 Å². The molecule has 0 aliphatic heterocycles. The van der Waals surface area contributed by atoms with Crippen LogP contribution in [-0.4, -0.2) is 22.6 Å². The van der Waals surface area contributed by atoms with Crippen LogP contribution in [0.5, 0.6) is 0 Å². The molecule has 1 unspecified atom stereocenters. The highest BCUT2D eigenvalue weighted by atomic mass is 35.5. The van der Waals surface area contributed by atoms with Gasteiger partial charge in [-0.15, -0.1) is 0 Å². The number of rotatable bonds is 5. The number of hydrogen-bond acceptors (Lipinski definition) is 2. The zero-order valence-corrected chi connectivity index (χ0v) is 11.6. The highest BCUT2D eigenvalue weighted by Gasteiger charge is 2.20. The molecule has 1 aromatic heterocycles. The van der Waals surface area contributed by atoms with Gasteiger partial charge in [-0.25, -0.2) is 4.98 Å². The van der Waals surface area contributed by atoms with E-state index in [1.165, 1.54) is 11.1 Å². The zero-order chi connectivity index (χ0) is 13.1. The van der Waals surface area contributed by atoms with E-state index >= 15 is 0 Å². The molecule has 4 heteroatoms. The Morgan fingerprint density at radius 2 is 2.21 bits per heavy atom. The highest BCUT2D eigenvalue weighted by molar-refractivity contribution is 6.30. The summed E-state index contributed by atoms with van der Waals surface area (Å²) in [5, 5.41) is 4.47. The van der Waals surface area contributed by atoms with Gasteiger partial charge in [-0.3, -0.25) is 0 Å². The first-order chi connectivity index (χ1) is 9.31. The summed E-state index contributed by atoms with van der Waals surface area (Å²) in [7, 11) is 0. The summed E-state index contributed by atoms with van der Waals surface area (Å²) < 4.78 is 0. The average molecular weight is 276 g/mol. The van der Waals surface area contributed by atoms with Crippen LogP contribution >= 0.6 is 11.6 Å². The second-order valence-electron chi connectivity index (χ2n) is 5.11. The topological polar surface area (TPSA) is 40.7 Å². The van der Waals surface area contributed by atoms with Crippen molar-refractivity contribution in [3.8, 4) is 0 Å². The lowest BCUT2D eigenvalue weighted by Gasteiger charge is -2.11. The Morgan fingerprint density at radius 1 is 1.32 bits per heavy atom. The Kier molecular flexibility index (Phi) is 3.85. The SMILES string of the molecule is Clc1ccc2c(c1)CC(NCCCc1ncc[nH]1)C2. The van der Waals surface area contributed by atoms with Crippen LogP contribution in [0.3, 0.4) is 0 Å². The Morgan fingerprint density at radius 3 is 3.05 bits per heavy atom. The Hall–Kier alpha value is -1.32. The third kappa shape index (κ3) is 3.17. The Balaban J connectivity index is 1.43.